The minimum absolute atomic E-state index is 0.273. The molecule has 9 aromatic carbocycles. The summed E-state index contributed by atoms with van der Waals surface area (Å²) in [5, 5.41) is 1.29. The lowest BCUT2D eigenvalue weighted by molar-refractivity contribution is 0.436. The molecule has 0 N–H and O–H groups in total. The van der Waals surface area contributed by atoms with Crippen LogP contribution in [0.4, 0.5) is 17.1 Å². The van der Waals surface area contributed by atoms with E-state index in [-0.39, 0.29) is 6.04 Å². The van der Waals surface area contributed by atoms with Crippen molar-refractivity contribution in [2.45, 2.75) is 45.9 Å². The van der Waals surface area contributed by atoms with Gasteiger partial charge in [0.2, 0.25) is 0 Å². The monoisotopic (exact) mass is 938 g/mol. The van der Waals surface area contributed by atoms with Crippen LogP contribution in [-0.4, -0.2) is 4.57 Å². The van der Waals surface area contributed by atoms with E-state index in [0.29, 0.717) is 0 Å². The second-order valence-corrected chi connectivity index (χ2v) is 21.1. The molecule has 2 aliphatic heterocycles. The van der Waals surface area contributed by atoms with E-state index < -0.39 is 10.8 Å². The number of aromatic nitrogens is 1. The highest BCUT2D eigenvalue weighted by atomic mass is 32.2. The molecule has 10 aromatic rings. The predicted molar refractivity (Wildman–Crippen MR) is 295 cm³/mol. The van der Waals surface area contributed by atoms with Crippen molar-refractivity contribution in [3.8, 4) is 33.8 Å². The minimum atomic E-state index is -0.617. The Morgan fingerprint density at radius 3 is 1.65 bits per heavy atom. The summed E-state index contributed by atoms with van der Waals surface area (Å²) < 4.78 is 9.44. The number of hydrogen-bond donors (Lipinski definition) is 0. The zero-order chi connectivity index (χ0) is 47.1. The van der Waals surface area contributed by atoms with Gasteiger partial charge in [-0.3, -0.25) is 0 Å². The van der Waals surface area contributed by atoms with E-state index in [2.05, 4.69) is 246 Å². The number of anilines is 3. The van der Waals surface area contributed by atoms with Crippen molar-refractivity contribution in [3.63, 3.8) is 0 Å². The highest BCUT2D eigenvalue weighted by molar-refractivity contribution is 7.99. The first-order valence-electron chi connectivity index (χ1n) is 25.4. The average Bonchev–Trinajstić information content (AvgIpc) is 4.05. The van der Waals surface area contributed by atoms with E-state index in [9.17, 15) is 0 Å². The lowest BCUT2D eigenvalue weighted by Crippen LogP contribution is -2.32. The molecular formula is C68H46N2OS. The first-order valence-corrected chi connectivity index (χ1v) is 26.2. The Kier molecular flexibility index (Phi) is 8.48. The van der Waals surface area contributed by atoms with Gasteiger partial charge < -0.3 is 14.2 Å². The molecule has 340 valence electrons. The van der Waals surface area contributed by atoms with Crippen LogP contribution in [0.2, 0.25) is 0 Å². The van der Waals surface area contributed by atoms with E-state index in [4.69, 9.17) is 4.74 Å². The maximum absolute atomic E-state index is 6.80. The third-order valence-electron chi connectivity index (χ3n) is 16.7. The number of rotatable bonds is 4. The van der Waals surface area contributed by atoms with E-state index in [1.807, 2.05) is 11.8 Å². The Morgan fingerprint density at radius 2 is 1.04 bits per heavy atom. The van der Waals surface area contributed by atoms with E-state index >= 15 is 0 Å². The van der Waals surface area contributed by atoms with Crippen molar-refractivity contribution in [2.24, 2.45) is 0 Å². The third-order valence-corrected chi connectivity index (χ3v) is 17.8. The van der Waals surface area contributed by atoms with Gasteiger partial charge in [-0.05, 0) is 118 Å². The van der Waals surface area contributed by atoms with Crippen molar-refractivity contribution >= 4 is 45.8 Å². The molecule has 2 spiro atoms. The quantitative estimate of drug-likeness (QED) is 0.175. The number of fused-ring (bicyclic) bond motifs is 21. The highest BCUT2D eigenvalue weighted by Gasteiger charge is 2.54. The molecule has 16 rings (SSSR count). The lowest BCUT2D eigenvalue weighted by Gasteiger charge is -2.40. The van der Waals surface area contributed by atoms with Crippen molar-refractivity contribution < 1.29 is 4.74 Å². The van der Waals surface area contributed by atoms with Gasteiger partial charge in [-0.2, -0.15) is 0 Å². The molecule has 0 saturated carbocycles. The first kappa shape index (κ1) is 40.4. The fourth-order valence-electron chi connectivity index (χ4n) is 14.1. The Labute approximate surface area is 423 Å². The Hall–Kier alpha value is -8.31. The number of hydrogen-bond acceptors (Lipinski definition) is 3. The van der Waals surface area contributed by atoms with Gasteiger partial charge in [0.1, 0.15) is 11.5 Å². The molecule has 1 unspecified atom stereocenters. The van der Waals surface area contributed by atoms with E-state index in [0.717, 1.165) is 59.0 Å². The summed E-state index contributed by atoms with van der Waals surface area (Å²) >= 11 is 1.89. The summed E-state index contributed by atoms with van der Waals surface area (Å²) in [6, 6.07) is 75.9. The number of para-hydroxylation sites is 2. The molecule has 4 heteroatoms. The third kappa shape index (κ3) is 5.17. The molecule has 72 heavy (non-hydrogen) atoms. The van der Waals surface area contributed by atoms with Crippen LogP contribution in [0.3, 0.4) is 0 Å². The molecule has 1 aromatic heterocycles. The van der Waals surface area contributed by atoms with Crippen LogP contribution < -0.4 is 9.64 Å². The minimum Gasteiger partial charge on any atom is -0.457 e. The molecule has 0 fully saturated rings. The van der Waals surface area contributed by atoms with Crippen molar-refractivity contribution in [3.05, 3.63) is 286 Å². The summed E-state index contributed by atoms with van der Waals surface area (Å²) in [4.78, 5) is 5.24. The molecule has 6 aliphatic rings. The van der Waals surface area contributed by atoms with Gasteiger partial charge in [-0.1, -0.05) is 194 Å². The van der Waals surface area contributed by atoms with E-state index in [1.165, 1.54) is 87.6 Å². The molecule has 0 radical (unpaired) electrons. The summed E-state index contributed by atoms with van der Waals surface area (Å²) in [6.07, 6.45) is 16.9. The van der Waals surface area contributed by atoms with E-state index in [1.54, 1.807) is 0 Å². The van der Waals surface area contributed by atoms with Gasteiger partial charge in [0.05, 0.1) is 28.2 Å². The van der Waals surface area contributed by atoms with Gasteiger partial charge in [-0.15, -0.1) is 0 Å². The molecule has 1 atom stereocenters. The molecule has 0 bridgehead atoms. The number of nitrogens with zero attached hydrogens (tertiary/aromatic N) is 2. The fourth-order valence-corrected chi connectivity index (χ4v) is 15.3. The highest BCUT2D eigenvalue weighted by Crippen LogP contribution is 2.67. The zero-order valence-corrected chi connectivity index (χ0v) is 40.2. The zero-order valence-electron chi connectivity index (χ0n) is 39.4. The number of ether oxygens (including phenoxy) is 1. The number of benzene rings is 9. The SMILES string of the molecule is C1=CCC(n2c3c(c4cc(N(c5cccc6c5-c5ccccc5C65c6ccccc6Oc6ccccc65)c5cccc6c5-c5ccccc5C65c6ccccc6Sc6ccccc65)ccc42)C=CCC3)C=C1. The number of allylic oxidation sites excluding steroid dienone is 5. The fraction of sp³-hybridized carbons (Fsp3) is 0.0882. The van der Waals surface area contributed by atoms with Crippen molar-refractivity contribution in [2.75, 3.05) is 4.90 Å². The van der Waals surface area contributed by atoms with Crippen LogP contribution >= 0.6 is 11.8 Å². The van der Waals surface area contributed by atoms with Crippen LogP contribution in [-0.2, 0) is 17.3 Å². The van der Waals surface area contributed by atoms with Crippen molar-refractivity contribution in [1.29, 1.82) is 0 Å². The smallest absolute Gasteiger partial charge is 0.132 e. The standard InChI is InChI=1S/C68H46N2OS/c1-2-20-43(21-3-1)69-57-33-13-6-22-45(57)48-42-44(40-41-58(48)69)70(59-34-18-31-55-65(59)46-23-4-7-25-49(46)67(55)51-27-9-14-36-61(51)71-62-37-15-10-28-52(62)67)60-35-19-32-56-66(60)47-24-5-8-26-50(47)68(56)53-29-11-16-38-63(53)72-64-39-17-12-30-54(64)68/h1-12,14-20,22-32,34-43H,13,21,33H2. The molecule has 0 amide bonds. The maximum atomic E-state index is 6.80. The predicted octanol–water partition coefficient (Wildman–Crippen LogP) is 17.4. The second-order valence-electron chi connectivity index (χ2n) is 20.0. The Morgan fingerprint density at radius 1 is 0.500 bits per heavy atom. The van der Waals surface area contributed by atoms with Gasteiger partial charge in [0.15, 0.2) is 0 Å². The summed E-state index contributed by atoms with van der Waals surface area (Å²) in [7, 11) is 0. The normalized spacial score (nSPS) is 17.0. The average molecular weight is 939 g/mol. The van der Waals surface area contributed by atoms with Crippen LogP contribution in [0.15, 0.2) is 240 Å². The molecule has 3 nitrogen and oxygen atoms in total. The van der Waals surface area contributed by atoms with Gasteiger partial charge in [-0.25, -0.2) is 0 Å². The van der Waals surface area contributed by atoms with Crippen LogP contribution in [0.1, 0.15) is 74.6 Å². The van der Waals surface area contributed by atoms with Gasteiger partial charge in [0, 0.05) is 59.9 Å². The molecule has 0 saturated heterocycles. The Balaban J connectivity index is 1.03. The van der Waals surface area contributed by atoms with Gasteiger partial charge >= 0.3 is 0 Å². The maximum Gasteiger partial charge on any atom is 0.132 e. The van der Waals surface area contributed by atoms with Crippen LogP contribution in [0.25, 0.3) is 39.2 Å². The second kappa shape index (κ2) is 15.1. The Bertz CT molecular complexity index is 3790. The lowest BCUT2D eigenvalue weighted by atomic mass is 9.66. The molecular weight excluding hydrogens is 893 g/mol. The summed E-state index contributed by atoms with van der Waals surface area (Å²) in [5.74, 6) is 1.79. The summed E-state index contributed by atoms with van der Waals surface area (Å²) in [6.45, 7) is 0. The topological polar surface area (TPSA) is 17.4 Å². The van der Waals surface area contributed by atoms with Crippen LogP contribution in [0, 0.1) is 0 Å². The molecule has 3 heterocycles. The van der Waals surface area contributed by atoms with Gasteiger partial charge in [0.25, 0.3) is 0 Å². The largest absolute Gasteiger partial charge is 0.457 e. The first-order chi connectivity index (χ1) is 35.7. The summed E-state index contributed by atoms with van der Waals surface area (Å²) in [5.41, 5.74) is 21.5. The van der Waals surface area contributed by atoms with Crippen LogP contribution in [0.5, 0.6) is 11.5 Å². The van der Waals surface area contributed by atoms with Crippen molar-refractivity contribution in [1.82, 2.24) is 4.57 Å². The molecule has 4 aliphatic carbocycles.